The van der Waals surface area contributed by atoms with E-state index in [0.29, 0.717) is 16.7 Å². The van der Waals surface area contributed by atoms with Crippen LogP contribution >= 0.6 is 11.6 Å². The molecule has 0 unspecified atom stereocenters. The summed E-state index contributed by atoms with van der Waals surface area (Å²) in [5.74, 6) is 0.801. The molecule has 1 heterocycles. The van der Waals surface area contributed by atoms with Crippen molar-refractivity contribution in [3.05, 3.63) is 22.7 Å². The Morgan fingerprint density at radius 3 is 2.36 bits per heavy atom. The minimum atomic E-state index is 0.191. The fourth-order valence-corrected chi connectivity index (χ4v) is 0.941. The first-order valence-electron chi connectivity index (χ1n) is 4.58. The average molecular weight is 212 g/mol. The summed E-state index contributed by atoms with van der Waals surface area (Å²) < 4.78 is 0. The molecule has 14 heavy (non-hydrogen) atoms. The molecule has 0 saturated carbocycles. The zero-order chi connectivity index (χ0) is 11.1. The van der Waals surface area contributed by atoms with Crippen LogP contribution in [0.15, 0.2) is 6.07 Å². The highest BCUT2D eigenvalue weighted by Gasteiger charge is 2.05. The van der Waals surface area contributed by atoms with Crippen LogP contribution in [-0.4, -0.2) is 9.97 Å². The van der Waals surface area contributed by atoms with E-state index in [0.717, 1.165) is 0 Å². The van der Waals surface area contributed by atoms with Gasteiger partial charge in [0, 0.05) is 12.0 Å². The lowest BCUT2D eigenvalue weighted by atomic mass is 10.2. The lowest BCUT2D eigenvalue weighted by molar-refractivity contribution is 0.771. The third-order valence-corrected chi connectivity index (χ3v) is 1.54. The lowest BCUT2D eigenvalue weighted by Crippen LogP contribution is -1.99. The van der Waals surface area contributed by atoms with Gasteiger partial charge in [-0.1, -0.05) is 39.3 Å². The first-order chi connectivity index (χ1) is 6.63. The maximum atomic E-state index is 8.57. The molecule has 0 aromatic carbocycles. The van der Waals surface area contributed by atoms with Gasteiger partial charge in [0.05, 0.1) is 0 Å². The Morgan fingerprint density at radius 2 is 1.93 bits per heavy atom. The molecule has 0 spiro atoms. The van der Waals surface area contributed by atoms with Crippen molar-refractivity contribution in [2.45, 2.75) is 33.6 Å². The van der Waals surface area contributed by atoms with Gasteiger partial charge in [0.2, 0.25) is 0 Å². The molecule has 3 nitrogen and oxygen atoms in total. The molecule has 0 aliphatic carbocycles. The van der Waals surface area contributed by atoms with E-state index < -0.39 is 0 Å². The molecule has 1 rings (SSSR count). The van der Waals surface area contributed by atoms with Crippen molar-refractivity contribution < 1.29 is 0 Å². The number of hydrogen-bond acceptors (Lipinski definition) is 3. The summed E-state index contributed by atoms with van der Waals surface area (Å²) in [7, 11) is 0. The molecular weight excluding hydrogens is 198 g/mol. The highest BCUT2D eigenvalue weighted by atomic mass is 35.5. The van der Waals surface area contributed by atoms with Gasteiger partial charge in [0.1, 0.15) is 22.7 Å². The molecule has 76 valence electrons. The Kier molecular flexibility index (Phi) is 5.82. The second-order valence-electron chi connectivity index (χ2n) is 2.70. The maximum absolute atomic E-state index is 8.57. The topological polar surface area (TPSA) is 49.6 Å². The van der Waals surface area contributed by atoms with Crippen LogP contribution in [0, 0.1) is 11.3 Å². The van der Waals surface area contributed by atoms with Crippen LogP contribution in [0.2, 0.25) is 5.15 Å². The maximum Gasteiger partial charge on any atom is 0.145 e. The molecule has 0 aliphatic rings. The summed E-state index contributed by atoms with van der Waals surface area (Å²) in [6, 6.07) is 3.38. The summed E-state index contributed by atoms with van der Waals surface area (Å²) in [4.78, 5) is 7.98. The normalized spacial score (nSPS) is 8.93. The van der Waals surface area contributed by atoms with Crippen LogP contribution in [0.1, 0.15) is 45.1 Å². The zero-order valence-corrected chi connectivity index (χ0v) is 9.63. The van der Waals surface area contributed by atoms with Crippen LogP contribution in [0.25, 0.3) is 0 Å². The number of nitrogens with zero attached hydrogens (tertiary/aromatic N) is 3. The molecule has 0 fully saturated rings. The molecule has 0 atom stereocenters. The van der Waals surface area contributed by atoms with Crippen LogP contribution in [0.5, 0.6) is 0 Å². The summed E-state index contributed by atoms with van der Waals surface area (Å²) in [5.41, 5.74) is 0.318. The van der Waals surface area contributed by atoms with Crippen LogP contribution < -0.4 is 0 Å². The van der Waals surface area contributed by atoms with Gasteiger partial charge < -0.3 is 0 Å². The molecule has 0 amide bonds. The van der Waals surface area contributed by atoms with Crippen molar-refractivity contribution in [2.24, 2.45) is 0 Å². The van der Waals surface area contributed by atoms with E-state index in [2.05, 4.69) is 9.97 Å². The van der Waals surface area contributed by atoms with Crippen molar-refractivity contribution in [2.75, 3.05) is 0 Å². The zero-order valence-electron chi connectivity index (χ0n) is 8.87. The molecule has 0 saturated heterocycles. The van der Waals surface area contributed by atoms with Crippen molar-refractivity contribution in [1.29, 1.82) is 5.26 Å². The molecule has 0 N–H and O–H groups in total. The standard InChI is InChI=1S/C8H8ClN3.C2H6/c1-5(2)8-11-6(4-10)3-7(9)12-8;1-2/h3,5H,1-2H3;1-2H3. The third kappa shape index (κ3) is 3.71. The molecule has 1 aromatic rings. The van der Waals surface area contributed by atoms with Gasteiger partial charge in [-0.3, -0.25) is 0 Å². The van der Waals surface area contributed by atoms with Gasteiger partial charge >= 0.3 is 0 Å². The van der Waals surface area contributed by atoms with Crippen molar-refractivity contribution in [3.63, 3.8) is 0 Å². The Balaban J connectivity index is 0.000000791. The third-order valence-electron chi connectivity index (χ3n) is 1.34. The number of hydrogen-bond donors (Lipinski definition) is 0. The Hall–Kier alpha value is -1.14. The predicted octanol–water partition coefficient (Wildman–Crippen LogP) is 3.15. The van der Waals surface area contributed by atoms with Gasteiger partial charge in [0.15, 0.2) is 0 Å². The number of halogens is 1. The summed E-state index contributed by atoms with van der Waals surface area (Å²) in [6.07, 6.45) is 0. The van der Waals surface area contributed by atoms with Crippen LogP contribution in [-0.2, 0) is 0 Å². The van der Waals surface area contributed by atoms with Gasteiger partial charge in [-0.2, -0.15) is 5.26 Å². The van der Waals surface area contributed by atoms with E-state index in [4.69, 9.17) is 16.9 Å². The largest absolute Gasteiger partial charge is 0.222 e. The van der Waals surface area contributed by atoms with E-state index >= 15 is 0 Å². The molecule has 0 bridgehead atoms. The Bertz CT molecular complexity index is 329. The first-order valence-corrected chi connectivity index (χ1v) is 4.96. The van der Waals surface area contributed by atoms with E-state index in [9.17, 15) is 0 Å². The summed E-state index contributed by atoms with van der Waals surface area (Å²) in [6.45, 7) is 7.90. The van der Waals surface area contributed by atoms with Gasteiger partial charge in [-0.15, -0.1) is 0 Å². The Morgan fingerprint density at radius 1 is 1.36 bits per heavy atom. The number of rotatable bonds is 1. The van der Waals surface area contributed by atoms with Crippen molar-refractivity contribution >= 4 is 11.6 Å². The fourth-order valence-electron chi connectivity index (χ4n) is 0.751. The van der Waals surface area contributed by atoms with Crippen LogP contribution in [0.3, 0.4) is 0 Å². The summed E-state index contributed by atoms with van der Waals surface area (Å²) in [5, 5.41) is 8.89. The smallest absolute Gasteiger partial charge is 0.145 e. The number of aromatic nitrogens is 2. The minimum absolute atomic E-state index is 0.191. The second-order valence-corrected chi connectivity index (χ2v) is 3.09. The van der Waals surface area contributed by atoms with Crippen LogP contribution in [0.4, 0.5) is 0 Å². The fraction of sp³-hybridized carbons (Fsp3) is 0.500. The molecular formula is C10H14ClN3. The quantitative estimate of drug-likeness (QED) is 0.671. The first kappa shape index (κ1) is 12.9. The second kappa shape index (κ2) is 6.33. The van der Waals surface area contributed by atoms with Crippen molar-refractivity contribution in [3.8, 4) is 6.07 Å². The lowest BCUT2D eigenvalue weighted by Gasteiger charge is -2.02. The SMILES string of the molecule is CC.CC(C)c1nc(Cl)cc(C#N)n1. The molecule has 1 aromatic heterocycles. The van der Waals surface area contributed by atoms with E-state index in [1.165, 1.54) is 6.07 Å². The monoisotopic (exact) mass is 211 g/mol. The molecule has 0 radical (unpaired) electrons. The van der Waals surface area contributed by atoms with E-state index in [1.807, 2.05) is 33.8 Å². The van der Waals surface area contributed by atoms with E-state index in [-0.39, 0.29) is 5.92 Å². The van der Waals surface area contributed by atoms with E-state index in [1.54, 1.807) is 0 Å². The summed E-state index contributed by atoms with van der Waals surface area (Å²) >= 11 is 5.67. The molecule has 0 aliphatic heterocycles. The minimum Gasteiger partial charge on any atom is -0.222 e. The molecule has 4 heteroatoms. The highest BCUT2D eigenvalue weighted by molar-refractivity contribution is 6.29. The predicted molar refractivity (Wildman–Crippen MR) is 57.2 cm³/mol. The average Bonchev–Trinajstić information content (AvgIpc) is 2.20. The highest BCUT2D eigenvalue weighted by Crippen LogP contribution is 2.13. The Labute approximate surface area is 89.8 Å². The van der Waals surface area contributed by atoms with Gasteiger partial charge in [-0.05, 0) is 0 Å². The van der Waals surface area contributed by atoms with Gasteiger partial charge in [0.25, 0.3) is 0 Å². The number of nitriles is 1. The van der Waals surface area contributed by atoms with Crippen molar-refractivity contribution in [1.82, 2.24) is 9.97 Å². The van der Waals surface area contributed by atoms with Gasteiger partial charge in [-0.25, -0.2) is 9.97 Å².